The highest BCUT2D eigenvalue weighted by atomic mass is 35.5. The zero-order valence-corrected chi connectivity index (χ0v) is 13.0. The summed E-state index contributed by atoms with van der Waals surface area (Å²) in [4.78, 5) is 4.35. The summed E-state index contributed by atoms with van der Waals surface area (Å²) in [5.41, 5.74) is 2.76. The summed E-state index contributed by atoms with van der Waals surface area (Å²) in [5, 5.41) is 11.3. The number of benzene rings is 2. The number of aromatic nitrogens is 2. The van der Waals surface area contributed by atoms with Gasteiger partial charge in [0.05, 0.1) is 11.9 Å². The van der Waals surface area contributed by atoms with Crippen molar-refractivity contribution in [1.29, 1.82) is 0 Å². The van der Waals surface area contributed by atoms with Crippen LogP contribution in [0.4, 0.5) is 0 Å². The van der Waals surface area contributed by atoms with Crippen LogP contribution in [0.2, 0.25) is 5.02 Å². The lowest BCUT2D eigenvalue weighted by molar-refractivity contribution is 0.210. The van der Waals surface area contributed by atoms with Gasteiger partial charge in [-0.15, -0.1) is 0 Å². The fourth-order valence-electron chi connectivity index (χ4n) is 2.49. The Kier molecular flexibility index (Phi) is 4.27. The highest BCUT2D eigenvalue weighted by Crippen LogP contribution is 2.25. The van der Waals surface area contributed by atoms with Crippen molar-refractivity contribution in [2.75, 3.05) is 0 Å². The summed E-state index contributed by atoms with van der Waals surface area (Å²) in [6.07, 6.45) is 1.01. The van der Waals surface area contributed by atoms with Crippen LogP contribution >= 0.6 is 11.6 Å². The zero-order chi connectivity index (χ0) is 15.5. The minimum Gasteiger partial charge on any atom is -0.382 e. The first kappa shape index (κ1) is 14.8. The fourth-order valence-corrected chi connectivity index (χ4v) is 2.62. The zero-order valence-electron chi connectivity index (χ0n) is 12.3. The van der Waals surface area contributed by atoms with E-state index in [9.17, 15) is 5.11 Å². The van der Waals surface area contributed by atoms with E-state index in [1.54, 1.807) is 18.3 Å². The Balaban J connectivity index is 1.93. The van der Waals surface area contributed by atoms with Crippen LogP contribution in [0, 0.1) is 6.92 Å². The van der Waals surface area contributed by atoms with Crippen molar-refractivity contribution in [1.82, 2.24) is 9.55 Å². The number of imidazole rings is 1. The maximum atomic E-state index is 10.7. The van der Waals surface area contributed by atoms with E-state index in [0.717, 1.165) is 17.1 Å². The van der Waals surface area contributed by atoms with E-state index in [0.29, 0.717) is 11.6 Å². The van der Waals surface area contributed by atoms with Gasteiger partial charge in [0.25, 0.3) is 0 Å². The number of halogens is 1. The van der Waals surface area contributed by atoms with E-state index in [2.05, 4.69) is 17.1 Å². The Bertz CT molecular complexity index is 751. The maximum absolute atomic E-state index is 10.7. The Hall–Kier alpha value is -2.10. The lowest BCUT2D eigenvalue weighted by Gasteiger charge is -2.16. The molecule has 112 valence electrons. The first-order valence-electron chi connectivity index (χ1n) is 7.14. The molecule has 22 heavy (non-hydrogen) atoms. The molecular formula is C18H17ClN2O. The quantitative estimate of drug-likeness (QED) is 0.791. The van der Waals surface area contributed by atoms with Crippen molar-refractivity contribution in [3.05, 3.63) is 88.5 Å². The second kappa shape index (κ2) is 6.34. The first-order chi connectivity index (χ1) is 10.6. The summed E-state index contributed by atoms with van der Waals surface area (Å²) < 4.78 is 2.04. The number of rotatable bonds is 4. The molecule has 0 bridgehead atoms. The van der Waals surface area contributed by atoms with Gasteiger partial charge in [0.1, 0.15) is 11.9 Å². The van der Waals surface area contributed by atoms with Gasteiger partial charge in [-0.1, -0.05) is 54.1 Å². The van der Waals surface area contributed by atoms with Gasteiger partial charge in [-0.3, -0.25) is 0 Å². The molecule has 2 aromatic carbocycles. The topological polar surface area (TPSA) is 38.1 Å². The van der Waals surface area contributed by atoms with Gasteiger partial charge in [0, 0.05) is 11.6 Å². The molecule has 3 nitrogen and oxygen atoms in total. The van der Waals surface area contributed by atoms with Crippen molar-refractivity contribution in [2.45, 2.75) is 19.6 Å². The van der Waals surface area contributed by atoms with Crippen LogP contribution in [0.25, 0.3) is 0 Å². The standard InChI is InChI=1S/C18H17ClN2O/c1-13-20-11-17(18(22)15-7-9-16(19)10-8-15)21(13)12-14-5-3-2-4-6-14/h2-11,18,22H,12H2,1H3/t18-/m0/s1. The van der Waals surface area contributed by atoms with Crippen LogP contribution in [-0.4, -0.2) is 14.7 Å². The van der Waals surface area contributed by atoms with Crippen LogP contribution in [0.15, 0.2) is 60.8 Å². The van der Waals surface area contributed by atoms with Crippen LogP contribution in [0.5, 0.6) is 0 Å². The number of aliphatic hydroxyl groups is 1. The van der Waals surface area contributed by atoms with E-state index in [-0.39, 0.29) is 0 Å². The van der Waals surface area contributed by atoms with Crippen LogP contribution in [0.3, 0.4) is 0 Å². The summed E-state index contributed by atoms with van der Waals surface area (Å²) in [6.45, 7) is 2.63. The van der Waals surface area contributed by atoms with Crippen LogP contribution in [0.1, 0.15) is 28.7 Å². The number of nitrogens with zero attached hydrogens (tertiary/aromatic N) is 2. The van der Waals surface area contributed by atoms with Gasteiger partial charge < -0.3 is 9.67 Å². The largest absolute Gasteiger partial charge is 0.382 e. The van der Waals surface area contributed by atoms with E-state index in [4.69, 9.17) is 11.6 Å². The molecule has 1 N–H and O–H groups in total. The smallest absolute Gasteiger partial charge is 0.121 e. The average Bonchev–Trinajstić information content (AvgIpc) is 2.89. The fraction of sp³-hybridized carbons (Fsp3) is 0.167. The minimum absolute atomic E-state index is 0.657. The van der Waals surface area contributed by atoms with Crippen LogP contribution < -0.4 is 0 Å². The first-order valence-corrected chi connectivity index (χ1v) is 7.52. The Morgan fingerprint density at radius 3 is 2.45 bits per heavy atom. The van der Waals surface area contributed by atoms with Crippen LogP contribution in [-0.2, 0) is 6.54 Å². The summed E-state index contributed by atoms with van der Waals surface area (Å²) in [5.74, 6) is 0.881. The predicted octanol–water partition coefficient (Wildman–Crippen LogP) is 3.97. The molecule has 0 saturated carbocycles. The van der Waals surface area contributed by atoms with E-state index < -0.39 is 6.10 Å². The molecule has 0 saturated heterocycles. The van der Waals surface area contributed by atoms with E-state index in [1.165, 1.54) is 5.56 Å². The van der Waals surface area contributed by atoms with Crippen molar-refractivity contribution in [2.24, 2.45) is 0 Å². The Morgan fingerprint density at radius 2 is 1.77 bits per heavy atom. The third-order valence-electron chi connectivity index (χ3n) is 3.74. The second-order valence-corrected chi connectivity index (χ2v) is 5.69. The molecule has 0 aliphatic heterocycles. The number of hydrogen-bond acceptors (Lipinski definition) is 2. The van der Waals surface area contributed by atoms with Gasteiger partial charge in [-0.05, 0) is 30.2 Å². The predicted molar refractivity (Wildman–Crippen MR) is 88.0 cm³/mol. The molecule has 0 spiro atoms. The third kappa shape index (κ3) is 3.06. The minimum atomic E-state index is -0.720. The molecule has 1 aromatic heterocycles. The molecule has 0 aliphatic rings. The number of hydrogen-bond donors (Lipinski definition) is 1. The monoisotopic (exact) mass is 312 g/mol. The summed E-state index contributed by atoms with van der Waals surface area (Å²) in [6, 6.07) is 17.4. The van der Waals surface area contributed by atoms with Crippen molar-refractivity contribution >= 4 is 11.6 Å². The van der Waals surface area contributed by atoms with Gasteiger partial charge in [0.15, 0.2) is 0 Å². The van der Waals surface area contributed by atoms with Gasteiger partial charge in [0.2, 0.25) is 0 Å². The highest BCUT2D eigenvalue weighted by Gasteiger charge is 2.17. The SMILES string of the molecule is Cc1ncc([C@@H](O)c2ccc(Cl)cc2)n1Cc1ccccc1. The molecule has 0 fully saturated rings. The van der Waals surface area contributed by atoms with E-state index >= 15 is 0 Å². The second-order valence-electron chi connectivity index (χ2n) is 5.26. The van der Waals surface area contributed by atoms with Crippen molar-refractivity contribution in [3.63, 3.8) is 0 Å². The number of aryl methyl sites for hydroxylation is 1. The molecule has 0 aliphatic carbocycles. The van der Waals surface area contributed by atoms with Gasteiger partial charge in [-0.25, -0.2) is 4.98 Å². The normalized spacial score (nSPS) is 12.3. The number of aliphatic hydroxyl groups excluding tert-OH is 1. The third-order valence-corrected chi connectivity index (χ3v) is 3.99. The molecule has 3 aromatic rings. The summed E-state index contributed by atoms with van der Waals surface area (Å²) in [7, 11) is 0. The highest BCUT2D eigenvalue weighted by molar-refractivity contribution is 6.30. The molecular weight excluding hydrogens is 296 g/mol. The van der Waals surface area contributed by atoms with Gasteiger partial charge in [-0.2, -0.15) is 0 Å². The maximum Gasteiger partial charge on any atom is 0.121 e. The molecule has 3 rings (SSSR count). The molecule has 0 radical (unpaired) electrons. The average molecular weight is 313 g/mol. The Morgan fingerprint density at radius 1 is 1.09 bits per heavy atom. The van der Waals surface area contributed by atoms with Crippen molar-refractivity contribution in [3.8, 4) is 0 Å². The lowest BCUT2D eigenvalue weighted by Crippen LogP contribution is -2.11. The molecule has 1 heterocycles. The van der Waals surface area contributed by atoms with E-state index in [1.807, 2.05) is 41.8 Å². The molecule has 0 unspecified atom stereocenters. The van der Waals surface area contributed by atoms with Gasteiger partial charge >= 0.3 is 0 Å². The molecule has 1 atom stereocenters. The molecule has 0 amide bonds. The molecule has 4 heteroatoms. The van der Waals surface area contributed by atoms with Crippen molar-refractivity contribution < 1.29 is 5.11 Å². The summed E-state index contributed by atoms with van der Waals surface area (Å²) >= 11 is 5.91. The lowest BCUT2D eigenvalue weighted by atomic mass is 10.1. The Labute approximate surface area is 134 Å².